The first kappa shape index (κ1) is 34.7. The Kier molecular flexibility index (Phi) is 11.2. The summed E-state index contributed by atoms with van der Waals surface area (Å²) in [5, 5.41) is 56.0. The number of aromatic hydroxyl groups is 2. The Labute approximate surface area is 252 Å². The van der Waals surface area contributed by atoms with Gasteiger partial charge in [-0.25, -0.2) is 4.79 Å². The Morgan fingerprint density at radius 3 is 2.42 bits per heavy atom. The van der Waals surface area contributed by atoms with Crippen molar-refractivity contribution in [1.29, 1.82) is 0 Å². The second kappa shape index (κ2) is 13.9. The molecule has 3 unspecified atom stereocenters. The fraction of sp³-hybridized carbons (Fsp3) is 0.677. The van der Waals surface area contributed by atoms with Crippen molar-refractivity contribution in [2.24, 2.45) is 11.3 Å². The van der Waals surface area contributed by atoms with Crippen molar-refractivity contribution in [3.8, 4) is 11.5 Å². The quantitative estimate of drug-likeness (QED) is 0.115. The van der Waals surface area contributed by atoms with Crippen molar-refractivity contribution in [1.82, 2.24) is 5.32 Å². The lowest BCUT2D eigenvalue weighted by Gasteiger charge is -2.48. The van der Waals surface area contributed by atoms with Crippen LogP contribution in [-0.4, -0.2) is 101 Å². The summed E-state index contributed by atoms with van der Waals surface area (Å²) in [5.74, 6) is -2.57. The van der Waals surface area contributed by atoms with E-state index in [1.807, 2.05) is 13.8 Å². The number of benzene rings is 1. The molecule has 0 aliphatic carbocycles. The highest BCUT2D eigenvalue weighted by Crippen LogP contribution is 2.42. The van der Waals surface area contributed by atoms with Crippen molar-refractivity contribution >= 4 is 11.9 Å². The number of aliphatic hydroxyl groups is 3. The Hall–Kier alpha value is -2.74. The predicted octanol–water partition coefficient (Wildman–Crippen LogP) is 1.85. The number of nitrogens with one attached hydrogen (secondary N) is 1. The van der Waals surface area contributed by atoms with Gasteiger partial charge in [-0.05, 0) is 31.4 Å². The summed E-state index contributed by atoms with van der Waals surface area (Å²) in [6.07, 6.45) is -6.89. The lowest BCUT2D eigenvalue weighted by molar-refractivity contribution is -0.217. The van der Waals surface area contributed by atoms with Crippen LogP contribution in [0.1, 0.15) is 68.4 Å². The fourth-order valence-corrected chi connectivity index (χ4v) is 5.80. The number of methoxy groups -OCH3 is 2. The van der Waals surface area contributed by atoms with Crippen molar-refractivity contribution in [3.63, 3.8) is 0 Å². The van der Waals surface area contributed by atoms with E-state index in [1.54, 1.807) is 20.8 Å². The monoisotopic (exact) mass is 609 g/mol. The predicted molar refractivity (Wildman–Crippen MR) is 155 cm³/mol. The van der Waals surface area contributed by atoms with Crippen molar-refractivity contribution < 1.29 is 54.1 Å². The van der Waals surface area contributed by atoms with Crippen LogP contribution in [0.3, 0.4) is 0 Å². The minimum atomic E-state index is -1.50. The number of carbonyl (C=O) groups is 2. The van der Waals surface area contributed by atoms with Gasteiger partial charge in [-0.1, -0.05) is 26.3 Å². The van der Waals surface area contributed by atoms with Gasteiger partial charge in [0.2, 0.25) is 0 Å². The molecule has 3 rings (SSSR count). The highest BCUT2D eigenvalue weighted by Gasteiger charge is 2.48. The van der Waals surface area contributed by atoms with Crippen LogP contribution in [0.25, 0.3) is 0 Å². The topological polar surface area (TPSA) is 184 Å². The van der Waals surface area contributed by atoms with E-state index in [-0.39, 0.29) is 42.7 Å². The van der Waals surface area contributed by atoms with Crippen LogP contribution >= 0.6 is 0 Å². The molecule has 0 aromatic heterocycles. The largest absolute Gasteiger partial charge is 0.508 e. The number of phenolic OH excluding ortho intramolecular Hbond substituents is 2. The first-order valence-electron chi connectivity index (χ1n) is 14.5. The van der Waals surface area contributed by atoms with Crippen LogP contribution in [0.15, 0.2) is 18.2 Å². The zero-order valence-electron chi connectivity index (χ0n) is 26.0. The Morgan fingerprint density at radius 2 is 1.84 bits per heavy atom. The molecule has 43 heavy (non-hydrogen) atoms. The summed E-state index contributed by atoms with van der Waals surface area (Å²) < 4.78 is 22.7. The average Bonchev–Trinajstić information content (AvgIpc) is 2.94. The number of cyclic esters (lactones) is 1. The van der Waals surface area contributed by atoms with E-state index in [0.717, 1.165) is 11.6 Å². The highest BCUT2D eigenvalue weighted by atomic mass is 16.6. The maximum absolute atomic E-state index is 12.9. The second-order valence-corrected chi connectivity index (χ2v) is 12.5. The fourth-order valence-electron chi connectivity index (χ4n) is 5.80. The van der Waals surface area contributed by atoms with Crippen LogP contribution in [0.4, 0.5) is 0 Å². The molecule has 0 bridgehead atoms. The van der Waals surface area contributed by atoms with Gasteiger partial charge in [-0.3, -0.25) is 4.79 Å². The number of hydrogen-bond acceptors (Lipinski definition) is 11. The molecule has 2 heterocycles. The van der Waals surface area contributed by atoms with Gasteiger partial charge in [0.05, 0.1) is 24.4 Å². The summed E-state index contributed by atoms with van der Waals surface area (Å²) in [4.78, 5) is 25.6. The van der Waals surface area contributed by atoms with E-state index in [4.69, 9.17) is 18.9 Å². The number of fused-ring (bicyclic) bond motifs is 1. The number of rotatable bonds is 12. The molecule has 0 radical (unpaired) electrons. The van der Waals surface area contributed by atoms with Crippen LogP contribution in [0, 0.1) is 18.3 Å². The zero-order chi connectivity index (χ0) is 32.4. The van der Waals surface area contributed by atoms with Crippen molar-refractivity contribution in [3.05, 3.63) is 34.9 Å². The molecule has 0 spiro atoms. The first-order chi connectivity index (χ1) is 20.0. The number of carbonyl (C=O) groups excluding carboxylic acids is 2. The standard InChI is InChI=1S/C31H47NO11/c1-14(2)9-22(40-7)27(37)28(38)32-29(41-8)23-13-24(36)31(5,6)25(42-23)12-19(34)16(4)21-10-17-15(3)18(33)11-20(35)26(17)30(39)43-21/h11,16,19,21-25,27,29,33-37H,1,9-10,12-13H2,2-8H3,(H,32,38)/t16-,19+,21?,22?,23+,24-,25-,27?,29-/m1/s1. The molecule has 9 atom stereocenters. The number of phenols is 2. The molecule has 12 heteroatoms. The number of esters is 1. The van der Waals surface area contributed by atoms with E-state index in [9.17, 15) is 35.1 Å². The van der Waals surface area contributed by atoms with E-state index >= 15 is 0 Å². The minimum absolute atomic E-state index is 0.00479. The van der Waals surface area contributed by atoms with Gasteiger partial charge in [-0.2, -0.15) is 0 Å². The van der Waals surface area contributed by atoms with Gasteiger partial charge in [-0.15, -0.1) is 6.58 Å². The molecule has 1 aromatic rings. The van der Waals surface area contributed by atoms with Gasteiger partial charge in [0, 0.05) is 50.9 Å². The molecule has 0 saturated carbocycles. The minimum Gasteiger partial charge on any atom is -0.508 e. The van der Waals surface area contributed by atoms with Crippen molar-refractivity contribution in [2.45, 2.75) is 109 Å². The summed E-state index contributed by atoms with van der Waals surface area (Å²) in [7, 11) is 2.76. The van der Waals surface area contributed by atoms with E-state index in [1.165, 1.54) is 14.2 Å². The molecule has 6 N–H and O–H groups in total. The summed E-state index contributed by atoms with van der Waals surface area (Å²) in [6, 6.07) is 1.10. The summed E-state index contributed by atoms with van der Waals surface area (Å²) in [5.41, 5.74) is 0.851. The van der Waals surface area contributed by atoms with E-state index < -0.39 is 72.2 Å². The van der Waals surface area contributed by atoms with Crippen LogP contribution in [0.5, 0.6) is 11.5 Å². The molecule has 1 amide bonds. The highest BCUT2D eigenvalue weighted by molar-refractivity contribution is 5.96. The second-order valence-electron chi connectivity index (χ2n) is 12.5. The maximum atomic E-state index is 12.9. The summed E-state index contributed by atoms with van der Waals surface area (Å²) in [6.45, 7) is 12.6. The molecule has 1 aromatic carbocycles. The number of ether oxygens (including phenoxy) is 4. The van der Waals surface area contributed by atoms with Gasteiger partial charge in [0.15, 0.2) is 12.3 Å². The van der Waals surface area contributed by atoms with Crippen LogP contribution in [-0.2, 0) is 30.2 Å². The average molecular weight is 610 g/mol. The zero-order valence-corrected chi connectivity index (χ0v) is 26.0. The molecular formula is C31H47NO11. The third kappa shape index (κ3) is 7.50. The SMILES string of the molecule is C=C(C)CC(OC)C(O)C(=O)N[C@H](OC)[C@@H]1C[C@@H](O)C(C)(C)[C@@H](C[C@H](O)[C@@H](C)C2Cc3c(C)c(O)cc(O)c3C(=O)O2)O1. The Morgan fingerprint density at radius 1 is 1.19 bits per heavy atom. The van der Waals surface area contributed by atoms with Crippen LogP contribution < -0.4 is 5.32 Å². The number of hydrogen-bond donors (Lipinski definition) is 6. The summed E-state index contributed by atoms with van der Waals surface area (Å²) >= 11 is 0. The number of aliphatic hydroxyl groups excluding tert-OH is 3. The van der Waals surface area contributed by atoms with Gasteiger partial charge < -0.3 is 49.8 Å². The van der Waals surface area contributed by atoms with E-state index in [2.05, 4.69) is 11.9 Å². The maximum Gasteiger partial charge on any atom is 0.342 e. The van der Waals surface area contributed by atoms with Crippen molar-refractivity contribution in [2.75, 3.05) is 14.2 Å². The lowest BCUT2D eigenvalue weighted by atomic mass is 9.73. The third-order valence-corrected chi connectivity index (χ3v) is 9.02. The Bertz CT molecular complexity index is 1180. The molecule has 1 saturated heterocycles. The van der Waals surface area contributed by atoms with Crippen LogP contribution in [0.2, 0.25) is 0 Å². The smallest absolute Gasteiger partial charge is 0.342 e. The Balaban J connectivity index is 1.73. The van der Waals surface area contributed by atoms with Gasteiger partial charge in [0.1, 0.15) is 29.3 Å². The molecule has 12 nitrogen and oxygen atoms in total. The molecule has 2 aliphatic rings. The van der Waals surface area contributed by atoms with E-state index in [0.29, 0.717) is 11.1 Å². The van der Waals surface area contributed by atoms with Gasteiger partial charge >= 0.3 is 5.97 Å². The van der Waals surface area contributed by atoms with Gasteiger partial charge in [0.25, 0.3) is 5.91 Å². The molecule has 2 aliphatic heterocycles. The first-order valence-corrected chi connectivity index (χ1v) is 14.5. The normalized spacial score (nSPS) is 26.8. The number of amides is 1. The molecule has 242 valence electrons. The third-order valence-electron chi connectivity index (χ3n) is 9.02. The molecular weight excluding hydrogens is 562 g/mol. The lowest BCUT2D eigenvalue weighted by Crippen LogP contribution is -2.59. The molecule has 1 fully saturated rings.